The van der Waals surface area contributed by atoms with Crippen LogP contribution in [0.25, 0.3) is 10.2 Å². The fraction of sp³-hybridized carbons (Fsp3) is 0.312. The Morgan fingerprint density at radius 3 is 2.71 bits per heavy atom. The van der Waals surface area contributed by atoms with E-state index in [4.69, 9.17) is 4.74 Å². The maximum absolute atomic E-state index is 5.53. The van der Waals surface area contributed by atoms with E-state index in [0.29, 0.717) is 6.61 Å². The normalized spacial score (nSPS) is 11.0. The van der Waals surface area contributed by atoms with Crippen molar-refractivity contribution < 1.29 is 4.74 Å². The summed E-state index contributed by atoms with van der Waals surface area (Å²) in [5.41, 5.74) is 1.02. The van der Waals surface area contributed by atoms with Crippen molar-refractivity contribution in [1.29, 1.82) is 0 Å². The van der Waals surface area contributed by atoms with Crippen LogP contribution >= 0.6 is 22.7 Å². The number of anilines is 1. The molecule has 0 saturated heterocycles. The molecule has 1 N–H and O–H groups in total. The second kappa shape index (κ2) is 6.45. The molecule has 3 aromatic rings. The molecule has 2 aromatic heterocycles. The number of aryl methyl sites for hydroxylation is 1. The molecule has 3 nitrogen and oxygen atoms in total. The molecular weight excluding hydrogens is 300 g/mol. The van der Waals surface area contributed by atoms with Gasteiger partial charge in [-0.2, -0.15) is 0 Å². The quantitative estimate of drug-likeness (QED) is 0.699. The van der Waals surface area contributed by atoms with Gasteiger partial charge in [0.05, 0.1) is 23.4 Å². The summed E-state index contributed by atoms with van der Waals surface area (Å²) < 4.78 is 6.68. The van der Waals surface area contributed by atoms with E-state index < -0.39 is 0 Å². The first-order chi connectivity index (χ1) is 10.3. The van der Waals surface area contributed by atoms with Gasteiger partial charge in [0.25, 0.3) is 0 Å². The fourth-order valence-electron chi connectivity index (χ4n) is 2.11. The van der Waals surface area contributed by atoms with Gasteiger partial charge in [-0.15, -0.1) is 11.3 Å². The predicted octanol–water partition coefficient (Wildman–Crippen LogP) is 4.93. The first kappa shape index (κ1) is 14.4. The third-order valence-corrected chi connectivity index (χ3v) is 5.36. The number of ether oxygens (including phenoxy) is 1. The highest BCUT2D eigenvalue weighted by molar-refractivity contribution is 7.22. The summed E-state index contributed by atoms with van der Waals surface area (Å²) in [6, 6.07) is 10.4. The van der Waals surface area contributed by atoms with E-state index >= 15 is 0 Å². The standard InChI is InChI=1S/C16H18N2OS2/c1-3-12-6-7-13(20-12)10-17-16-18-14-8-5-11(19-4-2)9-15(14)21-16/h5-9H,3-4,10H2,1-2H3,(H,17,18). The summed E-state index contributed by atoms with van der Waals surface area (Å²) in [7, 11) is 0. The molecule has 0 atom stereocenters. The summed E-state index contributed by atoms with van der Waals surface area (Å²) >= 11 is 3.53. The molecule has 0 radical (unpaired) electrons. The minimum absolute atomic E-state index is 0.688. The number of nitrogens with zero attached hydrogens (tertiary/aromatic N) is 1. The highest BCUT2D eigenvalue weighted by Crippen LogP contribution is 2.30. The van der Waals surface area contributed by atoms with Crippen molar-refractivity contribution in [3.8, 4) is 5.75 Å². The monoisotopic (exact) mass is 318 g/mol. The first-order valence-corrected chi connectivity index (χ1v) is 8.76. The van der Waals surface area contributed by atoms with Gasteiger partial charge in [-0.25, -0.2) is 4.98 Å². The Labute approximate surface area is 132 Å². The number of hydrogen-bond donors (Lipinski definition) is 1. The first-order valence-electron chi connectivity index (χ1n) is 7.13. The molecule has 0 saturated carbocycles. The van der Waals surface area contributed by atoms with Crippen molar-refractivity contribution in [2.45, 2.75) is 26.8 Å². The van der Waals surface area contributed by atoms with Crippen LogP contribution in [0.1, 0.15) is 23.6 Å². The van der Waals surface area contributed by atoms with Crippen LogP contribution in [-0.2, 0) is 13.0 Å². The SMILES string of the molecule is CCOc1ccc2nc(NCc3ccc(CC)s3)sc2c1. The number of aromatic nitrogens is 1. The van der Waals surface area contributed by atoms with Crippen molar-refractivity contribution in [1.82, 2.24) is 4.98 Å². The number of benzene rings is 1. The summed E-state index contributed by atoms with van der Waals surface area (Å²) in [4.78, 5) is 7.39. The highest BCUT2D eigenvalue weighted by atomic mass is 32.1. The van der Waals surface area contributed by atoms with Gasteiger partial charge >= 0.3 is 0 Å². The van der Waals surface area contributed by atoms with Crippen molar-refractivity contribution in [3.63, 3.8) is 0 Å². The third-order valence-electron chi connectivity index (χ3n) is 3.15. The zero-order valence-corrected chi connectivity index (χ0v) is 13.8. The van der Waals surface area contributed by atoms with Crippen LogP contribution in [0.2, 0.25) is 0 Å². The Balaban J connectivity index is 1.71. The number of nitrogens with one attached hydrogen (secondary N) is 1. The lowest BCUT2D eigenvalue weighted by Crippen LogP contribution is -1.95. The van der Waals surface area contributed by atoms with Crippen molar-refractivity contribution >= 4 is 38.0 Å². The van der Waals surface area contributed by atoms with Crippen molar-refractivity contribution in [2.75, 3.05) is 11.9 Å². The zero-order valence-electron chi connectivity index (χ0n) is 12.2. The summed E-state index contributed by atoms with van der Waals surface area (Å²) in [6.07, 6.45) is 1.10. The third kappa shape index (κ3) is 3.36. The van der Waals surface area contributed by atoms with E-state index in [1.807, 2.05) is 30.4 Å². The van der Waals surface area contributed by atoms with Crippen LogP contribution < -0.4 is 10.1 Å². The molecule has 0 bridgehead atoms. The molecule has 3 rings (SSSR count). The largest absolute Gasteiger partial charge is 0.494 e. The zero-order chi connectivity index (χ0) is 14.7. The smallest absolute Gasteiger partial charge is 0.184 e. The van der Waals surface area contributed by atoms with Crippen LogP contribution in [0.4, 0.5) is 5.13 Å². The summed E-state index contributed by atoms with van der Waals surface area (Å²) in [5.74, 6) is 0.908. The lowest BCUT2D eigenvalue weighted by Gasteiger charge is -2.00. The summed E-state index contributed by atoms with van der Waals surface area (Å²) in [6.45, 7) is 5.71. The average Bonchev–Trinajstić information content (AvgIpc) is 3.11. The second-order valence-electron chi connectivity index (χ2n) is 4.66. The lowest BCUT2D eigenvalue weighted by molar-refractivity contribution is 0.341. The van der Waals surface area contributed by atoms with Crippen molar-refractivity contribution in [2.24, 2.45) is 0 Å². The van der Waals surface area contributed by atoms with Gasteiger partial charge in [-0.1, -0.05) is 18.3 Å². The topological polar surface area (TPSA) is 34.1 Å². The number of fused-ring (bicyclic) bond motifs is 1. The van der Waals surface area contributed by atoms with Crippen LogP contribution in [0.3, 0.4) is 0 Å². The van der Waals surface area contributed by atoms with Crippen molar-refractivity contribution in [3.05, 3.63) is 40.1 Å². The molecule has 0 aliphatic heterocycles. The Morgan fingerprint density at radius 2 is 1.95 bits per heavy atom. The molecule has 110 valence electrons. The summed E-state index contributed by atoms with van der Waals surface area (Å²) in [5, 5.41) is 4.38. The minimum Gasteiger partial charge on any atom is -0.494 e. The molecule has 0 unspecified atom stereocenters. The van der Waals surface area contributed by atoms with Gasteiger partial charge in [0.2, 0.25) is 0 Å². The Hall–Kier alpha value is -1.59. The number of hydrogen-bond acceptors (Lipinski definition) is 5. The minimum atomic E-state index is 0.688. The van der Waals surface area contributed by atoms with Gasteiger partial charge < -0.3 is 10.1 Å². The molecule has 0 aliphatic carbocycles. The Morgan fingerprint density at radius 1 is 1.10 bits per heavy atom. The molecule has 1 aromatic carbocycles. The molecule has 0 fully saturated rings. The van der Waals surface area contributed by atoms with Crippen LogP contribution in [-0.4, -0.2) is 11.6 Å². The molecule has 0 aliphatic rings. The second-order valence-corrected chi connectivity index (χ2v) is 6.94. The molecule has 0 spiro atoms. The van der Waals surface area contributed by atoms with E-state index in [9.17, 15) is 0 Å². The number of thiophene rings is 1. The molecule has 21 heavy (non-hydrogen) atoms. The Bertz CT molecular complexity index is 733. The van der Waals surface area contributed by atoms with E-state index in [1.165, 1.54) is 9.75 Å². The number of thiazole rings is 1. The number of rotatable bonds is 6. The van der Waals surface area contributed by atoms with E-state index in [1.54, 1.807) is 11.3 Å². The van der Waals surface area contributed by atoms with Gasteiger partial charge in [0, 0.05) is 9.75 Å². The van der Waals surface area contributed by atoms with Gasteiger partial charge in [0.15, 0.2) is 5.13 Å². The Kier molecular flexibility index (Phi) is 4.41. The van der Waals surface area contributed by atoms with Gasteiger partial charge in [0.1, 0.15) is 5.75 Å². The van der Waals surface area contributed by atoms with E-state index in [-0.39, 0.29) is 0 Å². The highest BCUT2D eigenvalue weighted by Gasteiger charge is 2.06. The van der Waals surface area contributed by atoms with E-state index in [2.05, 4.69) is 35.4 Å². The molecule has 2 heterocycles. The van der Waals surface area contributed by atoms with Crippen LogP contribution in [0.5, 0.6) is 5.75 Å². The van der Waals surface area contributed by atoms with E-state index in [0.717, 1.165) is 34.1 Å². The maximum atomic E-state index is 5.53. The molecular formula is C16H18N2OS2. The molecule has 0 amide bonds. The average molecular weight is 318 g/mol. The van der Waals surface area contributed by atoms with Crippen LogP contribution in [0.15, 0.2) is 30.3 Å². The predicted molar refractivity (Wildman–Crippen MR) is 91.8 cm³/mol. The fourth-order valence-corrected chi connectivity index (χ4v) is 3.89. The van der Waals surface area contributed by atoms with Gasteiger partial charge in [-0.3, -0.25) is 0 Å². The molecule has 5 heteroatoms. The lowest BCUT2D eigenvalue weighted by atomic mass is 10.3. The van der Waals surface area contributed by atoms with Crippen LogP contribution in [0, 0.1) is 0 Å². The maximum Gasteiger partial charge on any atom is 0.184 e. The van der Waals surface area contributed by atoms with Gasteiger partial charge in [-0.05, 0) is 43.7 Å².